The largest absolute Gasteiger partial charge is 0.467 e. The van der Waals surface area contributed by atoms with E-state index in [1.165, 1.54) is 6.07 Å². The summed E-state index contributed by atoms with van der Waals surface area (Å²) in [5.41, 5.74) is 0.839. The maximum Gasteiger partial charge on any atom is 0.293 e. The van der Waals surface area contributed by atoms with Gasteiger partial charge in [0.15, 0.2) is 0 Å². The van der Waals surface area contributed by atoms with Crippen molar-refractivity contribution in [3.8, 4) is 0 Å². The van der Waals surface area contributed by atoms with E-state index in [-0.39, 0.29) is 23.2 Å². The molecule has 0 bridgehead atoms. The molecule has 1 fully saturated rings. The molecule has 1 aromatic heterocycles. The minimum atomic E-state index is -0.410. The van der Waals surface area contributed by atoms with Gasteiger partial charge in [0.05, 0.1) is 17.2 Å². The number of nitro groups is 1. The van der Waals surface area contributed by atoms with E-state index in [4.69, 9.17) is 4.42 Å². The molecule has 0 unspecified atom stereocenters. The molecule has 2 heterocycles. The number of nitrogens with one attached hydrogen (secondary N) is 1. The molecule has 1 N–H and O–H groups in total. The van der Waals surface area contributed by atoms with E-state index in [1.807, 2.05) is 0 Å². The standard InChI is InChI=1S/C19H23N3O4/c1-14(18-7-6-12-26-18)20-19(23)15-8-9-16(17(13-15)22(24)25)21-10-4-2-3-5-11-21/h6-9,12-14H,2-5,10-11H2,1H3,(H,20,23)/t14-/m0/s1. The van der Waals surface area contributed by atoms with Crippen LogP contribution in [0.15, 0.2) is 41.0 Å². The maximum atomic E-state index is 12.5. The summed E-state index contributed by atoms with van der Waals surface area (Å²) in [6.45, 7) is 3.42. The third-order valence-electron chi connectivity index (χ3n) is 4.70. The van der Waals surface area contributed by atoms with Gasteiger partial charge in [-0.25, -0.2) is 0 Å². The predicted molar refractivity (Wildman–Crippen MR) is 98.4 cm³/mol. The first kappa shape index (κ1) is 18.0. The topological polar surface area (TPSA) is 88.6 Å². The van der Waals surface area contributed by atoms with Gasteiger partial charge in [-0.1, -0.05) is 12.8 Å². The first-order valence-electron chi connectivity index (χ1n) is 8.94. The molecule has 0 saturated carbocycles. The second-order valence-corrected chi connectivity index (χ2v) is 6.57. The summed E-state index contributed by atoms with van der Waals surface area (Å²) in [4.78, 5) is 25.7. The summed E-state index contributed by atoms with van der Waals surface area (Å²) in [6.07, 6.45) is 5.89. The Kier molecular flexibility index (Phi) is 5.55. The third-order valence-corrected chi connectivity index (χ3v) is 4.70. The lowest BCUT2D eigenvalue weighted by atomic mass is 10.1. The van der Waals surface area contributed by atoms with Gasteiger partial charge in [0.2, 0.25) is 0 Å². The Hall–Kier alpha value is -2.83. The normalized spacial score (nSPS) is 16.0. The van der Waals surface area contributed by atoms with Crippen LogP contribution in [0.25, 0.3) is 0 Å². The highest BCUT2D eigenvalue weighted by atomic mass is 16.6. The van der Waals surface area contributed by atoms with Crippen LogP contribution in [0.3, 0.4) is 0 Å². The number of rotatable bonds is 5. The fourth-order valence-corrected chi connectivity index (χ4v) is 3.28. The van der Waals surface area contributed by atoms with Gasteiger partial charge in [-0.05, 0) is 44.0 Å². The average molecular weight is 357 g/mol. The van der Waals surface area contributed by atoms with E-state index in [0.717, 1.165) is 38.8 Å². The second kappa shape index (κ2) is 8.03. The van der Waals surface area contributed by atoms with E-state index in [1.54, 1.807) is 37.5 Å². The average Bonchev–Trinajstić information content (AvgIpc) is 3.04. The van der Waals surface area contributed by atoms with E-state index >= 15 is 0 Å². The second-order valence-electron chi connectivity index (χ2n) is 6.57. The lowest BCUT2D eigenvalue weighted by Crippen LogP contribution is -2.27. The summed E-state index contributed by atoms with van der Waals surface area (Å²) in [6, 6.07) is 7.91. The van der Waals surface area contributed by atoms with Crippen LogP contribution >= 0.6 is 0 Å². The minimum absolute atomic E-state index is 0.0230. The van der Waals surface area contributed by atoms with Crippen LogP contribution < -0.4 is 10.2 Å². The van der Waals surface area contributed by atoms with E-state index < -0.39 is 4.92 Å². The monoisotopic (exact) mass is 357 g/mol. The van der Waals surface area contributed by atoms with Gasteiger partial charge >= 0.3 is 0 Å². The molecule has 1 amide bonds. The van der Waals surface area contributed by atoms with Crippen molar-refractivity contribution in [2.75, 3.05) is 18.0 Å². The van der Waals surface area contributed by atoms with Crippen molar-refractivity contribution in [1.29, 1.82) is 0 Å². The lowest BCUT2D eigenvalue weighted by molar-refractivity contribution is -0.384. The summed E-state index contributed by atoms with van der Waals surface area (Å²) < 4.78 is 5.27. The summed E-state index contributed by atoms with van der Waals surface area (Å²) in [5.74, 6) is 0.272. The van der Waals surface area contributed by atoms with Crippen molar-refractivity contribution in [2.24, 2.45) is 0 Å². The molecule has 0 radical (unpaired) electrons. The van der Waals surface area contributed by atoms with Gasteiger partial charge in [0.25, 0.3) is 11.6 Å². The highest BCUT2D eigenvalue weighted by molar-refractivity contribution is 5.96. The van der Waals surface area contributed by atoms with Crippen LogP contribution in [-0.2, 0) is 0 Å². The number of carbonyl (C=O) groups excluding carboxylic acids is 1. The van der Waals surface area contributed by atoms with Crippen LogP contribution in [0.1, 0.15) is 54.8 Å². The molecule has 2 aromatic rings. The van der Waals surface area contributed by atoms with Crippen molar-refractivity contribution in [3.05, 3.63) is 58.0 Å². The molecule has 0 spiro atoms. The molecule has 26 heavy (non-hydrogen) atoms. The van der Waals surface area contributed by atoms with Crippen LogP contribution in [0.4, 0.5) is 11.4 Å². The van der Waals surface area contributed by atoms with Gasteiger partial charge in [-0.2, -0.15) is 0 Å². The number of benzene rings is 1. The molecule has 7 nitrogen and oxygen atoms in total. The van der Waals surface area contributed by atoms with Crippen LogP contribution in [0.2, 0.25) is 0 Å². The number of furan rings is 1. The zero-order valence-electron chi connectivity index (χ0n) is 14.8. The number of amides is 1. The highest BCUT2D eigenvalue weighted by Crippen LogP contribution is 2.31. The fourth-order valence-electron chi connectivity index (χ4n) is 3.28. The Balaban J connectivity index is 1.81. The summed E-state index contributed by atoms with van der Waals surface area (Å²) >= 11 is 0. The molecule has 1 atom stereocenters. The van der Waals surface area contributed by atoms with Gasteiger partial charge in [0.1, 0.15) is 11.4 Å². The Labute approximate surface area is 152 Å². The van der Waals surface area contributed by atoms with Crippen molar-refractivity contribution < 1.29 is 14.1 Å². The number of anilines is 1. The van der Waals surface area contributed by atoms with Crippen molar-refractivity contribution in [2.45, 2.75) is 38.6 Å². The van der Waals surface area contributed by atoms with Gasteiger partial charge < -0.3 is 14.6 Å². The summed E-state index contributed by atoms with van der Waals surface area (Å²) in [5, 5.41) is 14.4. The first-order chi connectivity index (χ1) is 12.6. The summed E-state index contributed by atoms with van der Waals surface area (Å²) in [7, 11) is 0. The fraction of sp³-hybridized carbons (Fsp3) is 0.421. The lowest BCUT2D eigenvalue weighted by Gasteiger charge is -2.22. The molecule has 1 saturated heterocycles. The maximum absolute atomic E-state index is 12.5. The first-order valence-corrected chi connectivity index (χ1v) is 8.94. The molecule has 3 rings (SSSR count). The van der Waals surface area contributed by atoms with E-state index in [0.29, 0.717) is 11.4 Å². The smallest absolute Gasteiger partial charge is 0.293 e. The molecule has 1 aliphatic heterocycles. The van der Waals surface area contributed by atoms with Crippen molar-refractivity contribution in [3.63, 3.8) is 0 Å². The number of hydrogen-bond donors (Lipinski definition) is 1. The van der Waals surface area contributed by atoms with Gasteiger partial charge in [-0.15, -0.1) is 0 Å². The molecular formula is C19H23N3O4. The molecular weight excluding hydrogens is 334 g/mol. The quantitative estimate of drug-likeness (QED) is 0.644. The zero-order chi connectivity index (χ0) is 18.5. The molecule has 138 valence electrons. The van der Waals surface area contributed by atoms with Gasteiger partial charge in [0, 0.05) is 24.7 Å². The number of nitrogens with zero attached hydrogens (tertiary/aromatic N) is 2. The highest BCUT2D eigenvalue weighted by Gasteiger charge is 2.23. The third kappa shape index (κ3) is 4.04. The Morgan fingerprint density at radius 2 is 1.96 bits per heavy atom. The molecule has 1 aliphatic rings. The van der Waals surface area contributed by atoms with Gasteiger partial charge in [-0.3, -0.25) is 14.9 Å². The minimum Gasteiger partial charge on any atom is -0.467 e. The SMILES string of the molecule is C[C@H](NC(=O)c1ccc(N2CCCCCC2)c([N+](=O)[O-])c1)c1ccco1. The Morgan fingerprint density at radius 3 is 2.58 bits per heavy atom. The van der Waals surface area contributed by atoms with E-state index in [2.05, 4.69) is 10.2 Å². The van der Waals surface area contributed by atoms with Crippen molar-refractivity contribution >= 4 is 17.3 Å². The zero-order valence-corrected chi connectivity index (χ0v) is 14.8. The number of hydrogen-bond acceptors (Lipinski definition) is 5. The van der Waals surface area contributed by atoms with Crippen LogP contribution in [0.5, 0.6) is 0 Å². The van der Waals surface area contributed by atoms with Crippen LogP contribution in [-0.4, -0.2) is 23.9 Å². The molecule has 0 aliphatic carbocycles. The molecule has 1 aromatic carbocycles. The number of carbonyl (C=O) groups is 1. The number of nitro benzene ring substituents is 1. The van der Waals surface area contributed by atoms with E-state index in [9.17, 15) is 14.9 Å². The van der Waals surface area contributed by atoms with Crippen LogP contribution in [0, 0.1) is 10.1 Å². The predicted octanol–water partition coefficient (Wildman–Crippen LogP) is 4.06. The van der Waals surface area contributed by atoms with Crippen molar-refractivity contribution in [1.82, 2.24) is 5.32 Å². The Morgan fingerprint density at radius 1 is 1.23 bits per heavy atom. The molecule has 7 heteroatoms. The Bertz CT molecular complexity index is 765.